The molecule has 11 heavy (non-hydrogen) atoms. The lowest BCUT2D eigenvalue weighted by molar-refractivity contribution is -0.137. The molecule has 1 heterocycles. The van der Waals surface area contributed by atoms with Crippen molar-refractivity contribution in [2.45, 2.75) is 6.92 Å². The molecule has 0 bridgehead atoms. The molecule has 0 atom stereocenters. The molecule has 60 valence electrons. The van der Waals surface area contributed by atoms with E-state index in [1.165, 1.54) is 6.08 Å². The van der Waals surface area contributed by atoms with E-state index < -0.39 is 5.97 Å². The van der Waals surface area contributed by atoms with E-state index in [-0.39, 0.29) is 6.61 Å². The quantitative estimate of drug-likeness (QED) is 0.551. The first kappa shape index (κ1) is 8.62. The van der Waals surface area contributed by atoms with Crippen LogP contribution in [0.3, 0.4) is 0 Å². The van der Waals surface area contributed by atoms with Crippen molar-refractivity contribution in [2.24, 2.45) is 0 Å². The standard InChI is InChI=1S/C7H6Cl2O2/c1-4-6(9)2-5(8)3-11-7(4)10/h2H,3H2,1H3. The minimum absolute atomic E-state index is 0.105. The molecule has 1 rings (SSSR count). The predicted octanol–water partition coefficient (Wildman–Crippen LogP) is 2.18. The molecule has 1 aliphatic heterocycles. The summed E-state index contributed by atoms with van der Waals surface area (Å²) in [6.45, 7) is 1.70. The predicted molar refractivity (Wildman–Crippen MR) is 43.4 cm³/mol. The number of ether oxygens (including phenoxy) is 1. The fraction of sp³-hybridized carbons (Fsp3) is 0.286. The number of cyclic esters (lactones) is 1. The van der Waals surface area contributed by atoms with E-state index >= 15 is 0 Å². The first-order valence-corrected chi connectivity index (χ1v) is 3.76. The third-order valence-electron chi connectivity index (χ3n) is 1.29. The number of rotatable bonds is 0. The Labute approximate surface area is 74.4 Å². The minimum Gasteiger partial charge on any atom is -0.456 e. The van der Waals surface area contributed by atoms with Crippen LogP contribution in [0.2, 0.25) is 0 Å². The van der Waals surface area contributed by atoms with E-state index in [1.807, 2.05) is 0 Å². The number of carbonyl (C=O) groups excluding carboxylic acids is 1. The molecule has 0 aromatic heterocycles. The Hall–Kier alpha value is -0.470. The highest BCUT2D eigenvalue weighted by molar-refractivity contribution is 6.36. The Balaban J connectivity index is 3.00. The maximum atomic E-state index is 10.9. The second-order valence-electron chi connectivity index (χ2n) is 2.14. The fourth-order valence-corrected chi connectivity index (χ4v) is 1.06. The monoisotopic (exact) mass is 192 g/mol. The van der Waals surface area contributed by atoms with Gasteiger partial charge in [-0.2, -0.15) is 0 Å². The van der Waals surface area contributed by atoms with Crippen LogP contribution in [0.1, 0.15) is 6.92 Å². The van der Waals surface area contributed by atoms with Crippen LogP contribution in [0.25, 0.3) is 0 Å². The average molecular weight is 193 g/mol. The topological polar surface area (TPSA) is 26.3 Å². The number of hydrogen-bond acceptors (Lipinski definition) is 2. The summed E-state index contributed by atoms with van der Waals surface area (Å²) in [5.41, 5.74) is 0.391. The van der Waals surface area contributed by atoms with Gasteiger partial charge in [0.15, 0.2) is 0 Å². The summed E-state index contributed by atoms with van der Waals surface area (Å²) in [7, 11) is 0. The molecule has 0 saturated heterocycles. The summed E-state index contributed by atoms with van der Waals surface area (Å²) in [6, 6.07) is 0. The van der Waals surface area contributed by atoms with Crippen LogP contribution in [-0.2, 0) is 9.53 Å². The van der Waals surface area contributed by atoms with Gasteiger partial charge in [-0.05, 0) is 13.0 Å². The first-order valence-electron chi connectivity index (χ1n) is 3.01. The molecule has 2 nitrogen and oxygen atoms in total. The highest BCUT2D eigenvalue weighted by Gasteiger charge is 2.14. The Bertz CT molecular complexity index is 253. The largest absolute Gasteiger partial charge is 0.456 e. The van der Waals surface area contributed by atoms with Gasteiger partial charge in [-0.25, -0.2) is 4.79 Å². The van der Waals surface area contributed by atoms with Crippen molar-refractivity contribution in [3.8, 4) is 0 Å². The zero-order valence-corrected chi connectivity index (χ0v) is 7.37. The molecule has 0 fully saturated rings. The van der Waals surface area contributed by atoms with Gasteiger partial charge in [-0.3, -0.25) is 0 Å². The molecule has 0 radical (unpaired) electrons. The highest BCUT2D eigenvalue weighted by Crippen LogP contribution is 2.20. The number of esters is 1. The molecular formula is C7H6Cl2O2. The van der Waals surface area contributed by atoms with E-state index in [2.05, 4.69) is 0 Å². The van der Waals surface area contributed by atoms with E-state index in [0.29, 0.717) is 15.6 Å². The van der Waals surface area contributed by atoms with Crippen molar-refractivity contribution in [2.75, 3.05) is 6.61 Å². The SMILES string of the molecule is CC1=C(Cl)C=C(Cl)COC1=O. The third-order valence-corrected chi connectivity index (χ3v) is 1.90. The third kappa shape index (κ3) is 1.98. The van der Waals surface area contributed by atoms with Crippen LogP contribution in [0.15, 0.2) is 21.7 Å². The zero-order chi connectivity index (χ0) is 8.43. The molecular weight excluding hydrogens is 187 g/mol. The van der Waals surface area contributed by atoms with Gasteiger partial charge in [0.2, 0.25) is 0 Å². The van der Waals surface area contributed by atoms with Gasteiger partial charge in [0.05, 0.1) is 15.6 Å². The van der Waals surface area contributed by atoms with Gasteiger partial charge in [0.25, 0.3) is 0 Å². The number of allylic oxidation sites excluding steroid dienone is 2. The molecule has 4 heteroatoms. The van der Waals surface area contributed by atoms with Crippen LogP contribution in [-0.4, -0.2) is 12.6 Å². The van der Waals surface area contributed by atoms with Crippen LogP contribution in [0.5, 0.6) is 0 Å². The Morgan fingerprint density at radius 3 is 2.82 bits per heavy atom. The van der Waals surface area contributed by atoms with Crippen molar-refractivity contribution in [3.63, 3.8) is 0 Å². The molecule has 0 aliphatic carbocycles. The van der Waals surface area contributed by atoms with Crippen LogP contribution in [0.4, 0.5) is 0 Å². The second-order valence-corrected chi connectivity index (χ2v) is 3.03. The number of carbonyl (C=O) groups is 1. The smallest absolute Gasteiger partial charge is 0.335 e. The molecule has 0 N–H and O–H groups in total. The minimum atomic E-state index is -0.415. The van der Waals surface area contributed by atoms with E-state index in [0.717, 1.165) is 0 Å². The number of halogens is 2. The molecule has 1 aliphatic rings. The molecule has 0 unspecified atom stereocenters. The van der Waals surface area contributed by atoms with Crippen molar-refractivity contribution in [1.29, 1.82) is 0 Å². The van der Waals surface area contributed by atoms with E-state index in [1.54, 1.807) is 6.92 Å². The maximum Gasteiger partial charge on any atom is 0.335 e. The summed E-state index contributed by atoms with van der Waals surface area (Å²) >= 11 is 11.3. The fourth-order valence-electron chi connectivity index (χ4n) is 0.628. The van der Waals surface area contributed by atoms with Crippen LogP contribution < -0.4 is 0 Å². The van der Waals surface area contributed by atoms with Crippen molar-refractivity contribution >= 4 is 29.2 Å². The normalized spacial score (nSPS) is 19.2. The lowest BCUT2D eigenvalue weighted by atomic mass is 10.3. The summed E-state index contributed by atoms with van der Waals surface area (Å²) in [5, 5.41) is 0.776. The Kier molecular flexibility index (Phi) is 2.58. The second kappa shape index (κ2) is 3.28. The van der Waals surface area contributed by atoms with Crippen molar-refractivity contribution < 1.29 is 9.53 Å². The summed E-state index contributed by atoms with van der Waals surface area (Å²) in [5.74, 6) is -0.415. The van der Waals surface area contributed by atoms with Crippen molar-refractivity contribution in [1.82, 2.24) is 0 Å². The highest BCUT2D eigenvalue weighted by atomic mass is 35.5. The summed E-state index contributed by atoms with van der Waals surface area (Å²) < 4.78 is 4.72. The number of hydrogen-bond donors (Lipinski definition) is 0. The van der Waals surface area contributed by atoms with Gasteiger partial charge in [-0.15, -0.1) is 0 Å². The van der Waals surface area contributed by atoms with Gasteiger partial charge in [0.1, 0.15) is 6.61 Å². The van der Waals surface area contributed by atoms with Crippen LogP contribution >= 0.6 is 23.2 Å². The molecule has 0 spiro atoms. The van der Waals surface area contributed by atoms with Gasteiger partial charge in [0, 0.05) is 0 Å². The van der Waals surface area contributed by atoms with Gasteiger partial charge in [-0.1, -0.05) is 23.2 Å². The van der Waals surface area contributed by atoms with E-state index in [4.69, 9.17) is 27.9 Å². The molecule has 0 amide bonds. The Morgan fingerprint density at radius 2 is 2.18 bits per heavy atom. The molecule has 0 saturated carbocycles. The molecule has 0 aromatic carbocycles. The lowest BCUT2D eigenvalue weighted by Crippen LogP contribution is -2.05. The van der Waals surface area contributed by atoms with Crippen molar-refractivity contribution in [3.05, 3.63) is 21.7 Å². The van der Waals surface area contributed by atoms with Gasteiger partial charge >= 0.3 is 5.97 Å². The van der Waals surface area contributed by atoms with Crippen LogP contribution in [0, 0.1) is 0 Å². The first-order chi connectivity index (χ1) is 5.11. The summed E-state index contributed by atoms with van der Waals surface area (Å²) in [6.07, 6.45) is 1.52. The average Bonchev–Trinajstić information content (AvgIpc) is 2.05. The maximum absolute atomic E-state index is 10.9. The molecule has 0 aromatic rings. The van der Waals surface area contributed by atoms with E-state index in [9.17, 15) is 4.79 Å². The zero-order valence-electron chi connectivity index (χ0n) is 5.86. The van der Waals surface area contributed by atoms with Gasteiger partial charge < -0.3 is 4.74 Å². The summed E-state index contributed by atoms with van der Waals surface area (Å²) in [4.78, 5) is 10.9. The lowest BCUT2D eigenvalue weighted by Gasteiger charge is -1.98. The Morgan fingerprint density at radius 1 is 1.55 bits per heavy atom.